The van der Waals surface area contributed by atoms with Crippen LogP contribution in [0.25, 0.3) is 0 Å². The van der Waals surface area contributed by atoms with Gasteiger partial charge in [0.05, 0.1) is 0 Å². The third-order valence-corrected chi connectivity index (χ3v) is 2.11. The van der Waals surface area contributed by atoms with Crippen LogP contribution in [0.2, 0.25) is 0 Å². The first-order valence-electron chi connectivity index (χ1n) is 4.28. The zero-order valence-electron chi connectivity index (χ0n) is 7.79. The molecule has 4 heteroatoms. The van der Waals surface area contributed by atoms with E-state index in [1.54, 1.807) is 6.07 Å². The van der Waals surface area contributed by atoms with Crippen LogP contribution in [0.1, 0.15) is 30.5 Å². The van der Waals surface area contributed by atoms with E-state index >= 15 is 0 Å². The van der Waals surface area contributed by atoms with E-state index in [2.05, 4.69) is 0 Å². The first-order chi connectivity index (χ1) is 6.61. The molecule has 0 spiro atoms. The molecule has 0 aliphatic heterocycles. The number of nitriles is 1. The lowest BCUT2D eigenvalue weighted by Gasteiger charge is -2.12. The Morgan fingerprint density at radius 1 is 1.64 bits per heavy atom. The van der Waals surface area contributed by atoms with Gasteiger partial charge in [-0.05, 0) is 12.5 Å². The number of benzene rings is 1. The van der Waals surface area contributed by atoms with Crippen molar-refractivity contribution in [1.29, 1.82) is 5.26 Å². The van der Waals surface area contributed by atoms with Gasteiger partial charge in [-0.25, -0.2) is 4.39 Å². The molecule has 0 saturated carbocycles. The summed E-state index contributed by atoms with van der Waals surface area (Å²) in [6, 6.07) is 3.77. The van der Waals surface area contributed by atoms with Gasteiger partial charge in [0.15, 0.2) is 0 Å². The second-order valence-electron chi connectivity index (χ2n) is 2.99. The Bertz CT molecular complexity index is 384. The molecule has 0 saturated heterocycles. The van der Waals surface area contributed by atoms with Crippen molar-refractivity contribution < 1.29 is 9.50 Å². The average molecular weight is 194 g/mol. The molecule has 74 valence electrons. The van der Waals surface area contributed by atoms with Crippen LogP contribution < -0.4 is 5.73 Å². The molecule has 0 fully saturated rings. The van der Waals surface area contributed by atoms with Crippen LogP contribution in [0.15, 0.2) is 12.1 Å². The molecule has 0 amide bonds. The van der Waals surface area contributed by atoms with Gasteiger partial charge in [0.25, 0.3) is 0 Å². The smallest absolute Gasteiger partial charge is 0.144 e. The first-order valence-corrected chi connectivity index (χ1v) is 4.28. The molecule has 0 aliphatic rings. The van der Waals surface area contributed by atoms with Gasteiger partial charge < -0.3 is 10.8 Å². The van der Waals surface area contributed by atoms with Gasteiger partial charge in [0.2, 0.25) is 0 Å². The van der Waals surface area contributed by atoms with Crippen LogP contribution in [0.3, 0.4) is 0 Å². The molecule has 0 heterocycles. The molecule has 1 aromatic rings. The molecule has 3 nitrogen and oxygen atoms in total. The van der Waals surface area contributed by atoms with E-state index in [9.17, 15) is 9.50 Å². The summed E-state index contributed by atoms with van der Waals surface area (Å²) in [4.78, 5) is 0. The van der Waals surface area contributed by atoms with E-state index in [0.29, 0.717) is 12.0 Å². The lowest BCUT2D eigenvalue weighted by molar-refractivity contribution is 0.451. The Balaban J connectivity index is 3.30. The maximum atomic E-state index is 13.0. The number of nitrogens with two attached hydrogens (primary N) is 1. The molecule has 1 rings (SSSR count). The molecule has 14 heavy (non-hydrogen) atoms. The van der Waals surface area contributed by atoms with Gasteiger partial charge >= 0.3 is 0 Å². The number of nitrogens with zero attached hydrogens (tertiary/aromatic N) is 1. The van der Waals surface area contributed by atoms with Crippen LogP contribution in [0.5, 0.6) is 5.75 Å². The minimum absolute atomic E-state index is 0.341. The van der Waals surface area contributed by atoms with Crippen molar-refractivity contribution in [2.24, 2.45) is 5.73 Å². The van der Waals surface area contributed by atoms with Crippen molar-refractivity contribution in [2.75, 3.05) is 0 Å². The summed E-state index contributed by atoms with van der Waals surface area (Å²) in [6.45, 7) is 1.85. The Hall–Kier alpha value is -1.60. The fourth-order valence-corrected chi connectivity index (χ4v) is 1.21. The maximum Gasteiger partial charge on any atom is 0.144 e. The molecule has 0 aliphatic carbocycles. The molecule has 3 N–H and O–H groups in total. The summed E-state index contributed by atoms with van der Waals surface area (Å²) in [5, 5.41) is 18.1. The van der Waals surface area contributed by atoms with Crippen molar-refractivity contribution >= 4 is 0 Å². The second kappa shape index (κ2) is 4.07. The lowest BCUT2D eigenvalue weighted by Crippen LogP contribution is -2.09. The Morgan fingerprint density at radius 3 is 2.79 bits per heavy atom. The van der Waals surface area contributed by atoms with Crippen molar-refractivity contribution in [3.63, 3.8) is 0 Å². The van der Waals surface area contributed by atoms with Gasteiger partial charge in [0, 0.05) is 11.6 Å². The minimum Gasteiger partial charge on any atom is -0.506 e. The van der Waals surface area contributed by atoms with Crippen molar-refractivity contribution in [2.45, 2.75) is 19.4 Å². The van der Waals surface area contributed by atoms with Crippen LogP contribution in [0.4, 0.5) is 4.39 Å². The van der Waals surface area contributed by atoms with Crippen LogP contribution in [-0.2, 0) is 0 Å². The van der Waals surface area contributed by atoms with Gasteiger partial charge in [0.1, 0.15) is 23.2 Å². The van der Waals surface area contributed by atoms with Crippen LogP contribution in [0, 0.1) is 17.1 Å². The number of rotatable bonds is 2. The molecule has 1 unspecified atom stereocenters. The van der Waals surface area contributed by atoms with Crippen molar-refractivity contribution in [3.8, 4) is 11.8 Å². The Labute approximate surface area is 81.6 Å². The highest BCUT2D eigenvalue weighted by atomic mass is 19.1. The number of phenolic OH excluding ortho intramolecular Hbond substituents is 1. The summed E-state index contributed by atoms with van der Waals surface area (Å²) in [7, 11) is 0. The third kappa shape index (κ3) is 1.68. The van der Waals surface area contributed by atoms with Gasteiger partial charge in [-0.15, -0.1) is 0 Å². The van der Waals surface area contributed by atoms with E-state index in [1.807, 2.05) is 6.92 Å². The zero-order chi connectivity index (χ0) is 10.7. The highest BCUT2D eigenvalue weighted by Gasteiger charge is 2.15. The van der Waals surface area contributed by atoms with Crippen LogP contribution in [-0.4, -0.2) is 5.11 Å². The molecule has 0 radical (unpaired) electrons. The fourth-order valence-electron chi connectivity index (χ4n) is 1.21. The molecular formula is C10H11FN2O. The number of halogens is 1. The van der Waals surface area contributed by atoms with E-state index < -0.39 is 5.82 Å². The molecule has 1 aromatic carbocycles. The predicted molar refractivity (Wildman–Crippen MR) is 50.0 cm³/mol. The molecule has 0 aromatic heterocycles. The number of hydrogen-bond acceptors (Lipinski definition) is 3. The third-order valence-electron chi connectivity index (χ3n) is 2.11. The molecule has 1 atom stereocenters. The highest BCUT2D eigenvalue weighted by molar-refractivity contribution is 5.49. The lowest BCUT2D eigenvalue weighted by atomic mass is 10.0. The average Bonchev–Trinajstić information content (AvgIpc) is 2.18. The quantitative estimate of drug-likeness (QED) is 0.754. The first kappa shape index (κ1) is 10.5. The van der Waals surface area contributed by atoms with E-state index in [1.165, 1.54) is 6.07 Å². The summed E-state index contributed by atoms with van der Waals surface area (Å²) in [5.74, 6) is -1.07. The van der Waals surface area contributed by atoms with Gasteiger partial charge in [-0.3, -0.25) is 0 Å². The Kier molecular flexibility index (Phi) is 3.05. The topological polar surface area (TPSA) is 70.0 Å². The predicted octanol–water partition coefficient (Wildman–Crippen LogP) is 1.81. The fraction of sp³-hybridized carbons (Fsp3) is 0.300. The highest BCUT2D eigenvalue weighted by Crippen LogP contribution is 2.29. The Morgan fingerprint density at radius 2 is 2.29 bits per heavy atom. The molecular weight excluding hydrogens is 183 g/mol. The number of hydrogen-bond donors (Lipinski definition) is 2. The monoisotopic (exact) mass is 194 g/mol. The standard InChI is InChI=1S/C10H11FN2O/c1-2-9(13)6-3-4-8(11)7(5-12)10(6)14/h3-4,9,14H,2,13H2,1H3. The van der Waals surface area contributed by atoms with Crippen molar-refractivity contribution in [1.82, 2.24) is 0 Å². The van der Waals surface area contributed by atoms with Gasteiger partial charge in [-0.1, -0.05) is 13.0 Å². The summed E-state index contributed by atoms with van der Waals surface area (Å²) < 4.78 is 13.0. The molecule has 0 bridgehead atoms. The second-order valence-corrected chi connectivity index (χ2v) is 2.99. The normalized spacial score (nSPS) is 12.1. The van der Waals surface area contributed by atoms with E-state index in [4.69, 9.17) is 11.0 Å². The SMILES string of the molecule is CCC(N)c1ccc(F)c(C#N)c1O. The number of aromatic hydroxyl groups is 1. The maximum absolute atomic E-state index is 13.0. The summed E-state index contributed by atoms with van der Waals surface area (Å²) in [6.07, 6.45) is 0.615. The minimum atomic E-state index is -0.725. The summed E-state index contributed by atoms with van der Waals surface area (Å²) in [5.41, 5.74) is 5.74. The zero-order valence-corrected chi connectivity index (χ0v) is 7.79. The largest absolute Gasteiger partial charge is 0.506 e. The number of phenols is 1. The van der Waals surface area contributed by atoms with Crippen LogP contribution >= 0.6 is 0 Å². The van der Waals surface area contributed by atoms with E-state index in [0.717, 1.165) is 6.07 Å². The van der Waals surface area contributed by atoms with Gasteiger partial charge in [-0.2, -0.15) is 5.26 Å². The van der Waals surface area contributed by atoms with Crippen molar-refractivity contribution in [3.05, 3.63) is 29.1 Å². The van der Waals surface area contributed by atoms with E-state index in [-0.39, 0.29) is 17.4 Å². The summed E-state index contributed by atoms with van der Waals surface area (Å²) >= 11 is 0.